The summed E-state index contributed by atoms with van der Waals surface area (Å²) in [6.45, 7) is 0. The number of pyridine rings is 1. The number of nitrogens with zero attached hydrogens (tertiary/aromatic N) is 2. The predicted octanol–water partition coefficient (Wildman–Crippen LogP) is 3.59. The van der Waals surface area contributed by atoms with Gasteiger partial charge in [-0.2, -0.15) is 0 Å². The Morgan fingerprint density at radius 1 is 1.36 bits per heavy atom. The molecule has 0 aliphatic carbocycles. The van der Waals surface area contributed by atoms with Crippen LogP contribution >= 0.6 is 27.7 Å². The highest BCUT2D eigenvalue weighted by Gasteiger charge is 2.08. The Kier molecular flexibility index (Phi) is 4.39. The van der Waals surface area contributed by atoms with Gasteiger partial charge in [-0.15, -0.1) is 0 Å². The number of halogens is 2. The number of amides is 1. The minimum Gasteiger partial charge on any atom is -0.333 e. The van der Waals surface area contributed by atoms with E-state index in [1.165, 1.54) is 23.9 Å². The first-order valence-corrected chi connectivity index (χ1v) is 8.07. The summed E-state index contributed by atoms with van der Waals surface area (Å²) in [5.41, 5.74) is 1.27. The van der Waals surface area contributed by atoms with Crippen molar-refractivity contribution < 1.29 is 9.18 Å². The lowest BCUT2D eigenvalue weighted by atomic mass is 10.3. The van der Waals surface area contributed by atoms with Crippen LogP contribution in [0, 0.1) is 5.82 Å². The van der Waals surface area contributed by atoms with E-state index in [-0.39, 0.29) is 17.5 Å². The van der Waals surface area contributed by atoms with Gasteiger partial charge in [-0.25, -0.2) is 14.4 Å². The summed E-state index contributed by atoms with van der Waals surface area (Å²) in [6, 6.07) is 7.82. The van der Waals surface area contributed by atoms with E-state index in [4.69, 9.17) is 0 Å². The first-order valence-electron chi connectivity index (χ1n) is 6.29. The highest BCUT2D eigenvalue weighted by molar-refractivity contribution is 9.10. The highest BCUT2D eigenvalue weighted by atomic mass is 79.9. The summed E-state index contributed by atoms with van der Waals surface area (Å²) in [6.07, 6.45) is 1.61. The van der Waals surface area contributed by atoms with Gasteiger partial charge in [-0.05, 0) is 46.3 Å². The minimum absolute atomic E-state index is 0.181. The summed E-state index contributed by atoms with van der Waals surface area (Å²) >= 11 is 4.52. The molecule has 22 heavy (non-hydrogen) atoms. The molecule has 3 aromatic rings. The second kappa shape index (κ2) is 6.45. The third-order valence-corrected chi connectivity index (χ3v) is 4.10. The fraction of sp³-hybridized carbons (Fsp3) is 0.0714. The number of aromatic nitrogens is 3. The van der Waals surface area contributed by atoms with E-state index in [0.29, 0.717) is 22.0 Å². The second-order valence-corrected chi connectivity index (χ2v) is 6.28. The molecule has 5 nitrogen and oxygen atoms in total. The number of carbonyl (C=O) groups excluding carboxylic acids is 1. The molecule has 0 saturated carbocycles. The molecule has 2 aromatic heterocycles. The first kappa shape index (κ1) is 15.0. The Morgan fingerprint density at radius 2 is 2.23 bits per heavy atom. The SMILES string of the molecule is O=C(CSc1nc2ccc(F)cc2[nH]1)Nc1ccc(Br)cn1. The molecule has 112 valence electrons. The number of carbonyl (C=O) groups is 1. The molecule has 3 rings (SSSR count). The molecular formula is C14H10BrFN4OS. The zero-order valence-corrected chi connectivity index (χ0v) is 13.5. The monoisotopic (exact) mass is 380 g/mol. The number of anilines is 1. The maximum atomic E-state index is 13.1. The lowest BCUT2D eigenvalue weighted by Crippen LogP contribution is -2.14. The summed E-state index contributed by atoms with van der Waals surface area (Å²) < 4.78 is 13.9. The molecule has 0 aliphatic heterocycles. The van der Waals surface area contributed by atoms with Crippen molar-refractivity contribution in [2.45, 2.75) is 5.16 Å². The predicted molar refractivity (Wildman–Crippen MR) is 87.3 cm³/mol. The molecule has 0 fully saturated rings. The van der Waals surface area contributed by atoms with E-state index in [2.05, 4.69) is 36.2 Å². The van der Waals surface area contributed by atoms with Crippen molar-refractivity contribution in [3.8, 4) is 0 Å². The van der Waals surface area contributed by atoms with Gasteiger partial charge in [0.05, 0.1) is 16.8 Å². The Hall–Kier alpha value is -1.93. The summed E-state index contributed by atoms with van der Waals surface area (Å²) in [5, 5.41) is 3.26. The van der Waals surface area contributed by atoms with E-state index in [1.807, 2.05) is 0 Å². The van der Waals surface area contributed by atoms with Gasteiger partial charge >= 0.3 is 0 Å². The van der Waals surface area contributed by atoms with Crippen LogP contribution in [-0.2, 0) is 4.79 Å². The van der Waals surface area contributed by atoms with Crippen molar-refractivity contribution in [2.24, 2.45) is 0 Å². The maximum Gasteiger partial charge on any atom is 0.236 e. The lowest BCUT2D eigenvalue weighted by Gasteiger charge is -2.03. The molecule has 1 amide bonds. The zero-order valence-electron chi connectivity index (χ0n) is 11.1. The number of aromatic amines is 1. The quantitative estimate of drug-likeness (QED) is 0.678. The van der Waals surface area contributed by atoms with Gasteiger partial charge in [0.1, 0.15) is 11.6 Å². The van der Waals surface area contributed by atoms with E-state index in [1.54, 1.807) is 24.4 Å². The Balaban J connectivity index is 1.61. The molecular weight excluding hydrogens is 371 g/mol. The normalized spacial score (nSPS) is 10.8. The van der Waals surface area contributed by atoms with Crippen molar-refractivity contribution in [3.05, 3.63) is 46.8 Å². The zero-order chi connectivity index (χ0) is 15.5. The van der Waals surface area contributed by atoms with Crippen LogP contribution in [0.5, 0.6) is 0 Å². The van der Waals surface area contributed by atoms with Crippen LogP contribution in [0.3, 0.4) is 0 Å². The van der Waals surface area contributed by atoms with Crippen LogP contribution in [0.1, 0.15) is 0 Å². The van der Waals surface area contributed by atoms with Crippen molar-refractivity contribution in [2.75, 3.05) is 11.1 Å². The van der Waals surface area contributed by atoms with Crippen LogP contribution in [0.15, 0.2) is 46.2 Å². The van der Waals surface area contributed by atoms with E-state index in [0.717, 1.165) is 4.47 Å². The van der Waals surface area contributed by atoms with Gasteiger partial charge in [0.2, 0.25) is 5.91 Å². The number of thioether (sulfide) groups is 1. The maximum absolute atomic E-state index is 13.1. The topological polar surface area (TPSA) is 70.7 Å². The second-order valence-electron chi connectivity index (χ2n) is 4.40. The summed E-state index contributed by atoms with van der Waals surface area (Å²) in [4.78, 5) is 23.2. The van der Waals surface area contributed by atoms with Crippen LogP contribution in [0.2, 0.25) is 0 Å². The number of hydrogen-bond donors (Lipinski definition) is 2. The van der Waals surface area contributed by atoms with Crippen molar-refractivity contribution in [3.63, 3.8) is 0 Å². The van der Waals surface area contributed by atoms with Crippen LogP contribution < -0.4 is 5.32 Å². The van der Waals surface area contributed by atoms with Gasteiger partial charge in [0, 0.05) is 10.7 Å². The molecule has 1 aromatic carbocycles. The van der Waals surface area contributed by atoms with Gasteiger partial charge in [0.25, 0.3) is 0 Å². The Morgan fingerprint density at radius 3 is 3.00 bits per heavy atom. The largest absolute Gasteiger partial charge is 0.333 e. The minimum atomic E-state index is -0.327. The third kappa shape index (κ3) is 3.63. The molecule has 0 spiro atoms. The van der Waals surface area contributed by atoms with Gasteiger partial charge in [-0.1, -0.05) is 11.8 Å². The average Bonchev–Trinajstić information content (AvgIpc) is 2.89. The van der Waals surface area contributed by atoms with Crippen molar-refractivity contribution in [1.29, 1.82) is 0 Å². The molecule has 0 radical (unpaired) electrons. The summed E-state index contributed by atoms with van der Waals surface area (Å²) in [7, 11) is 0. The number of nitrogens with one attached hydrogen (secondary N) is 2. The number of benzene rings is 1. The standard InChI is InChI=1S/C14H10BrFN4OS/c15-8-1-4-12(17-6-8)20-13(21)7-22-14-18-10-3-2-9(16)5-11(10)19-14/h1-6H,7H2,(H,18,19)(H,17,20,21). The summed E-state index contributed by atoms with van der Waals surface area (Å²) in [5.74, 6) is 0.152. The van der Waals surface area contributed by atoms with E-state index < -0.39 is 0 Å². The lowest BCUT2D eigenvalue weighted by molar-refractivity contribution is -0.113. The molecule has 2 heterocycles. The Labute approximate surface area is 137 Å². The molecule has 0 atom stereocenters. The van der Waals surface area contributed by atoms with Gasteiger partial charge < -0.3 is 10.3 Å². The van der Waals surface area contributed by atoms with Gasteiger partial charge in [0.15, 0.2) is 5.16 Å². The molecule has 0 saturated heterocycles. The van der Waals surface area contributed by atoms with Gasteiger partial charge in [-0.3, -0.25) is 4.79 Å². The van der Waals surface area contributed by atoms with Crippen LogP contribution in [-0.4, -0.2) is 26.6 Å². The number of H-pyrrole nitrogens is 1. The average molecular weight is 381 g/mol. The number of rotatable bonds is 4. The van der Waals surface area contributed by atoms with Crippen molar-refractivity contribution in [1.82, 2.24) is 15.0 Å². The fourth-order valence-electron chi connectivity index (χ4n) is 1.79. The van der Waals surface area contributed by atoms with Crippen molar-refractivity contribution >= 4 is 50.5 Å². The first-order chi connectivity index (χ1) is 10.6. The molecule has 0 unspecified atom stereocenters. The van der Waals surface area contributed by atoms with Crippen LogP contribution in [0.25, 0.3) is 11.0 Å². The van der Waals surface area contributed by atoms with E-state index in [9.17, 15) is 9.18 Å². The smallest absolute Gasteiger partial charge is 0.236 e. The molecule has 0 aliphatic rings. The molecule has 2 N–H and O–H groups in total. The number of imidazole rings is 1. The number of fused-ring (bicyclic) bond motifs is 1. The Bertz CT molecular complexity index is 821. The van der Waals surface area contributed by atoms with E-state index >= 15 is 0 Å². The molecule has 0 bridgehead atoms. The highest BCUT2D eigenvalue weighted by Crippen LogP contribution is 2.20. The fourth-order valence-corrected chi connectivity index (χ4v) is 2.71. The third-order valence-electron chi connectivity index (χ3n) is 2.76. The number of hydrogen-bond acceptors (Lipinski definition) is 4. The van der Waals surface area contributed by atoms with Crippen LogP contribution in [0.4, 0.5) is 10.2 Å². The molecule has 8 heteroatoms.